The van der Waals surface area contributed by atoms with Crippen molar-refractivity contribution >= 4 is 5.91 Å². The molecule has 0 spiro atoms. The first-order chi connectivity index (χ1) is 9.97. The van der Waals surface area contributed by atoms with Crippen LogP contribution in [0.2, 0.25) is 0 Å². The fraction of sp³-hybridized carbons (Fsp3) is 0.588. The minimum atomic E-state index is -0.467. The molecule has 1 saturated heterocycles. The first-order valence-electron chi connectivity index (χ1n) is 7.69. The van der Waals surface area contributed by atoms with Gasteiger partial charge in [0.2, 0.25) is 0 Å². The molecular formula is C17H26N2O2. The van der Waals surface area contributed by atoms with Gasteiger partial charge in [-0.15, -0.1) is 0 Å². The summed E-state index contributed by atoms with van der Waals surface area (Å²) in [6.45, 7) is 7.96. The Morgan fingerprint density at radius 2 is 2.00 bits per heavy atom. The number of carbonyl (C=O) groups excluding carboxylic acids is 1. The Morgan fingerprint density at radius 3 is 2.67 bits per heavy atom. The van der Waals surface area contributed by atoms with E-state index in [4.69, 9.17) is 4.74 Å². The van der Waals surface area contributed by atoms with Crippen LogP contribution in [-0.4, -0.2) is 43.1 Å². The maximum atomic E-state index is 12.2. The summed E-state index contributed by atoms with van der Waals surface area (Å²) in [7, 11) is 2.12. The molecule has 1 unspecified atom stereocenters. The number of rotatable bonds is 4. The zero-order valence-electron chi connectivity index (χ0n) is 13.5. The van der Waals surface area contributed by atoms with Gasteiger partial charge in [0.15, 0.2) is 6.10 Å². The average Bonchev–Trinajstić information content (AvgIpc) is 2.46. The molecule has 0 saturated carbocycles. The number of nitrogens with zero attached hydrogens (tertiary/aromatic N) is 1. The Hall–Kier alpha value is -1.55. The summed E-state index contributed by atoms with van der Waals surface area (Å²) in [5.74, 6) is 0.770. The van der Waals surface area contributed by atoms with Gasteiger partial charge >= 0.3 is 0 Å². The highest BCUT2D eigenvalue weighted by molar-refractivity contribution is 5.81. The molecule has 1 aliphatic heterocycles. The maximum Gasteiger partial charge on any atom is 0.260 e. The van der Waals surface area contributed by atoms with Crippen LogP contribution in [0.1, 0.15) is 30.9 Å². The van der Waals surface area contributed by atoms with Gasteiger partial charge in [-0.3, -0.25) is 4.79 Å². The molecule has 4 heteroatoms. The lowest BCUT2D eigenvalue weighted by atomic mass is 10.1. The number of piperidine rings is 1. The lowest BCUT2D eigenvalue weighted by molar-refractivity contribution is -0.128. The molecule has 1 heterocycles. The standard InChI is InChI=1S/C17H26N2O2/c1-12-6-5-7-16(13(12)2)21-14(3)17(20)18-15-8-10-19(4)11-9-15/h5-7,14-15H,8-11H2,1-4H3,(H,18,20). The zero-order valence-corrected chi connectivity index (χ0v) is 13.5. The third-order valence-electron chi connectivity index (χ3n) is 4.29. The molecule has 0 aliphatic carbocycles. The molecule has 4 nitrogen and oxygen atoms in total. The Bertz CT molecular complexity index is 494. The summed E-state index contributed by atoms with van der Waals surface area (Å²) in [5.41, 5.74) is 2.27. The highest BCUT2D eigenvalue weighted by Gasteiger charge is 2.22. The molecule has 0 bridgehead atoms. The second-order valence-corrected chi connectivity index (χ2v) is 6.04. The van der Waals surface area contributed by atoms with E-state index in [0.29, 0.717) is 0 Å². The Kier molecular flexibility index (Phi) is 5.23. The lowest BCUT2D eigenvalue weighted by Crippen LogP contribution is -2.47. The van der Waals surface area contributed by atoms with Crippen molar-refractivity contribution in [3.8, 4) is 5.75 Å². The van der Waals surface area contributed by atoms with Crippen molar-refractivity contribution in [2.75, 3.05) is 20.1 Å². The van der Waals surface area contributed by atoms with Crippen LogP contribution < -0.4 is 10.1 Å². The first-order valence-corrected chi connectivity index (χ1v) is 7.69. The maximum absolute atomic E-state index is 12.2. The highest BCUT2D eigenvalue weighted by Crippen LogP contribution is 2.21. The predicted molar refractivity (Wildman–Crippen MR) is 84.7 cm³/mol. The summed E-state index contributed by atoms with van der Waals surface area (Å²) in [4.78, 5) is 14.5. The minimum absolute atomic E-state index is 0.0227. The van der Waals surface area contributed by atoms with Gasteiger partial charge in [0.05, 0.1) is 0 Å². The van der Waals surface area contributed by atoms with Crippen molar-refractivity contribution in [1.82, 2.24) is 10.2 Å². The Morgan fingerprint density at radius 1 is 1.33 bits per heavy atom. The second kappa shape index (κ2) is 6.94. The van der Waals surface area contributed by atoms with Gasteiger partial charge in [0.1, 0.15) is 5.75 Å². The van der Waals surface area contributed by atoms with Gasteiger partial charge in [-0.05, 0) is 70.9 Å². The quantitative estimate of drug-likeness (QED) is 0.925. The van der Waals surface area contributed by atoms with E-state index in [9.17, 15) is 4.79 Å². The van der Waals surface area contributed by atoms with Crippen LogP contribution in [0.15, 0.2) is 18.2 Å². The summed E-state index contributed by atoms with van der Waals surface area (Å²) in [6, 6.07) is 6.20. The second-order valence-electron chi connectivity index (χ2n) is 6.04. The molecular weight excluding hydrogens is 264 g/mol. The van der Waals surface area contributed by atoms with Gasteiger partial charge in [0, 0.05) is 6.04 Å². The van der Waals surface area contributed by atoms with E-state index in [0.717, 1.165) is 37.2 Å². The van der Waals surface area contributed by atoms with Crippen LogP contribution in [-0.2, 0) is 4.79 Å². The summed E-state index contributed by atoms with van der Waals surface area (Å²) >= 11 is 0. The van der Waals surface area contributed by atoms with Crippen LogP contribution in [0, 0.1) is 13.8 Å². The van der Waals surface area contributed by atoms with Crippen molar-refractivity contribution in [2.24, 2.45) is 0 Å². The number of nitrogens with one attached hydrogen (secondary N) is 1. The van der Waals surface area contributed by atoms with Crippen molar-refractivity contribution in [3.05, 3.63) is 29.3 Å². The fourth-order valence-electron chi connectivity index (χ4n) is 2.57. The molecule has 1 amide bonds. The molecule has 0 radical (unpaired) electrons. The number of hydrogen-bond donors (Lipinski definition) is 1. The van der Waals surface area contributed by atoms with Crippen LogP contribution in [0.4, 0.5) is 0 Å². The number of benzene rings is 1. The van der Waals surface area contributed by atoms with Crippen LogP contribution in [0.25, 0.3) is 0 Å². The predicted octanol–water partition coefficient (Wildman–Crippen LogP) is 2.28. The Balaban J connectivity index is 1.89. The molecule has 1 aliphatic rings. The van der Waals surface area contributed by atoms with E-state index in [-0.39, 0.29) is 11.9 Å². The van der Waals surface area contributed by atoms with Crippen molar-refractivity contribution in [3.63, 3.8) is 0 Å². The van der Waals surface area contributed by atoms with E-state index in [1.165, 1.54) is 5.56 Å². The van der Waals surface area contributed by atoms with Gasteiger partial charge in [-0.1, -0.05) is 12.1 Å². The molecule has 21 heavy (non-hydrogen) atoms. The summed E-state index contributed by atoms with van der Waals surface area (Å²) in [5, 5.41) is 3.10. The fourth-order valence-corrected chi connectivity index (χ4v) is 2.57. The van der Waals surface area contributed by atoms with Crippen LogP contribution >= 0.6 is 0 Å². The van der Waals surface area contributed by atoms with Gasteiger partial charge in [-0.2, -0.15) is 0 Å². The van der Waals surface area contributed by atoms with Crippen LogP contribution in [0.5, 0.6) is 5.75 Å². The average molecular weight is 290 g/mol. The molecule has 2 rings (SSSR count). The highest BCUT2D eigenvalue weighted by atomic mass is 16.5. The third kappa shape index (κ3) is 4.21. The number of ether oxygens (including phenoxy) is 1. The number of likely N-dealkylation sites (tertiary alicyclic amines) is 1. The van der Waals surface area contributed by atoms with Crippen molar-refractivity contribution in [1.29, 1.82) is 0 Å². The van der Waals surface area contributed by atoms with Crippen LogP contribution in [0.3, 0.4) is 0 Å². The minimum Gasteiger partial charge on any atom is -0.481 e. The van der Waals surface area contributed by atoms with E-state index < -0.39 is 6.10 Å². The molecule has 116 valence electrons. The summed E-state index contributed by atoms with van der Waals surface area (Å²) < 4.78 is 5.83. The SMILES string of the molecule is Cc1cccc(OC(C)C(=O)NC2CCN(C)CC2)c1C. The lowest BCUT2D eigenvalue weighted by Gasteiger charge is -2.30. The number of carbonyl (C=O) groups is 1. The number of hydrogen-bond acceptors (Lipinski definition) is 3. The number of aryl methyl sites for hydroxylation is 1. The van der Waals surface area contributed by atoms with Gasteiger partial charge in [-0.25, -0.2) is 0 Å². The van der Waals surface area contributed by atoms with E-state index in [1.807, 2.05) is 39.0 Å². The molecule has 1 fully saturated rings. The third-order valence-corrected chi connectivity index (χ3v) is 4.29. The molecule has 1 aromatic rings. The van der Waals surface area contributed by atoms with E-state index in [1.54, 1.807) is 0 Å². The van der Waals surface area contributed by atoms with E-state index in [2.05, 4.69) is 17.3 Å². The van der Waals surface area contributed by atoms with Crippen molar-refractivity contribution in [2.45, 2.75) is 45.8 Å². The largest absolute Gasteiger partial charge is 0.481 e. The smallest absolute Gasteiger partial charge is 0.260 e. The first kappa shape index (κ1) is 15.8. The molecule has 1 atom stereocenters. The monoisotopic (exact) mass is 290 g/mol. The topological polar surface area (TPSA) is 41.6 Å². The molecule has 1 aromatic carbocycles. The summed E-state index contributed by atoms with van der Waals surface area (Å²) in [6.07, 6.45) is 1.56. The molecule has 0 aromatic heterocycles. The normalized spacial score (nSPS) is 18.3. The van der Waals surface area contributed by atoms with Gasteiger partial charge in [0.25, 0.3) is 5.91 Å². The van der Waals surface area contributed by atoms with Gasteiger partial charge < -0.3 is 15.0 Å². The van der Waals surface area contributed by atoms with Crippen molar-refractivity contribution < 1.29 is 9.53 Å². The zero-order chi connectivity index (χ0) is 15.4. The molecule has 1 N–H and O–H groups in total. The number of amides is 1. The Labute approximate surface area is 127 Å². The van der Waals surface area contributed by atoms with E-state index >= 15 is 0 Å².